The van der Waals surface area contributed by atoms with Gasteiger partial charge >= 0.3 is 23.9 Å². The molecule has 0 amide bonds. The van der Waals surface area contributed by atoms with E-state index in [4.69, 9.17) is 24.7 Å². The number of unbranched alkanes of at least 4 members (excludes halogenated alkanes) is 4. The van der Waals surface area contributed by atoms with E-state index in [1.54, 1.807) is 19.1 Å². The first-order valence-electron chi connectivity index (χ1n) is 14.1. The van der Waals surface area contributed by atoms with Gasteiger partial charge in [0.05, 0.1) is 19.6 Å². The van der Waals surface area contributed by atoms with Gasteiger partial charge in [-0.2, -0.15) is 0 Å². The Kier molecular flexibility index (Phi) is 15.4. The van der Waals surface area contributed by atoms with Gasteiger partial charge in [-0.05, 0) is 36.5 Å². The van der Waals surface area contributed by atoms with Gasteiger partial charge in [0.2, 0.25) is 0 Å². The largest absolute Gasteiger partial charge is 0.468 e. The highest BCUT2D eigenvalue weighted by atomic mass is 16.6. The van der Waals surface area contributed by atoms with E-state index in [2.05, 4.69) is 0 Å². The number of rotatable bonds is 18. The van der Waals surface area contributed by atoms with E-state index in [-0.39, 0.29) is 61.6 Å². The van der Waals surface area contributed by atoms with E-state index in [1.807, 2.05) is 27.7 Å². The molecule has 0 aliphatic heterocycles. The molecule has 9 heteroatoms. The highest BCUT2D eigenvalue weighted by Gasteiger charge is 2.36. The van der Waals surface area contributed by atoms with Gasteiger partial charge in [0.15, 0.2) is 11.5 Å². The molecular formula is C30H47NO8. The van der Waals surface area contributed by atoms with Crippen LogP contribution < -0.4 is 15.2 Å². The summed E-state index contributed by atoms with van der Waals surface area (Å²) in [5.41, 5.74) is 5.53. The van der Waals surface area contributed by atoms with Gasteiger partial charge in [-0.3, -0.25) is 19.2 Å². The molecule has 0 aliphatic carbocycles. The van der Waals surface area contributed by atoms with E-state index < -0.39 is 23.4 Å². The van der Waals surface area contributed by atoms with Crippen LogP contribution in [0.4, 0.5) is 0 Å². The second kappa shape index (κ2) is 17.6. The molecule has 0 radical (unpaired) electrons. The summed E-state index contributed by atoms with van der Waals surface area (Å²) in [5, 5.41) is 0. The fourth-order valence-electron chi connectivity index (χ4n) is 3.78. The van der Waals surface area contributed by atoms with E-state index in [0.717, 1.165) is 25.7 Å². The quantitative estimate of drug-likeness (QED) is 0.147. The van der Waals surface area contributed by atoms with E-state index in [1.165, 1.54) is 13.2 Å². The molecule has 0 spiro atoms. The summed E-state index contributed by atoms with van der Waals surface area (Å²) in [5.74, 6) is -1.85. The third-order valence-electron chi connectivity index (χ3n) is 6.70. The van der Waals surface area contributed by atoms with Gasteiger partial charge in [-0.25, -0.2) is 0 Å². The summed E-state index contributed by atoms with van der Waals surface area (Å²) in [6, 6.07) is 4.73. The van der Waals surface area contributed by atoms with Crippen LogP contribution in [0, 0.1) is 11.8 Å². The zero-order chi connectivity index (χ0) is 29.4. The van der Waals surface area contributed by atoms with Crippen LogP contribution in [0.5, 0.6) is 11.5 Å². The number of ether oxygens (including phenoxy) is 4. The zero-order valence-electron chi connectivity index (χ0n) is 24.5. The van der Waals surface area contributed by atoms with Crippen LogP contribution in [0.25, 0.3) is 0 Å². The number of methoxy groups -OCH3 is 1. The highest BCUT2D eigenvalue weighted by molar-refractivity contribution is 5.81. The predicted molar refractivity (Wildman–Crippen MR) is 148 cm³/mol. The molecule has 9 nitrogen and oxygen atoms in total. The van der Waals surface area contributed by atoms with Crippen LogP contribution in [0.1, 0.15) is 98.0 Å². The smallest absolute Gasteiger partial charge is 0.326 e. The van der Waals surface area contributed by atoms with Crippen LogP contribution in [0.3, 0.4) is 0 Å². The van der Waals surface area contributed by atoms with Crippen molar-refractivity contribution in [3.05, 3.63) is 23.8 Å². The average molecular weight is 550 g/mol. The maximum Gasteiger partial charge on any atom is 0.326 e. The summed E-state index contributed by atoms with van der Waals surface area (Å²) in [4.78, 5) is 49.8. The number of carbonyl (C=O) groups excluding carboxylic acids is 4. The molecule has 0 saturated carbocycles. The lowest BCUT2D eigenvalue weighted by atomic mass is 9.88. The summed E-state index contributed by atoms with van der Waals surface area (Å²) < 4.78 is 21.4. The molecule has 1 aromatic rings. The minimum Gasteiger partial charge on any atom is -0.468 e. The fraction of sp³-hybridized carbons (Fsp3) is 0.667. The van der Waals surface area contributed by atoms with E-state index >= 15 is 0 Å². The molecule has 2 N–H and O–H groups in total. The summed E-state index contributed by atoms with van der Waals surface area (Å²) >= 11 is 0. The highest BCUT2D eigenvalue weighted by Crippen LogP contribution is 2.31. The molecule has 0 aliphatic rings. The first-order chi connectivity index (χ1) is 18.5. The Labute approximate surface area is 233 Å². The first kappa shape index (κ1) is 34.1. The monoisotopic (exact) mass is 549 g/mol. The third-order valence-corrected chi connectivity index (χ3v) is 6.70. The molecule has 0 bridgehead atoms. The summed E-state index contributed by atoms with van der Waals surface area (Å²) in [7, 11) is 1.24. The van der Waals surface area contributed by atoms with Crippen molar-refractivity contribution in [1.29, 1.82) is 0 Å². The maximum absolute atomic E-state index is 12.7. The minimum atomic E-state index is -1.50. The lowest BCUT2D eigenvalue weighted by molar-refractivity contribution is -0.153. The van der Waals surface area contributed by atoms with Crippen LogP contribution >= 0.6 is 0 Å². The lowest BCUT2D eigenvalue weighted by Gasteiger charge is -2.27. The Morgan fingerprint density at radius 3 is 1.95 bits per heavy atom. The SMILES string of the molecule is CCCCCC(=O)Oc1ccc(C[C@](N)(CCOC(=O)C(C)C(C)C)C(=O)OC)cc1OC(=O)CCCCC. The van der Waals surface area contributed by atoms with Gasteiger partial charge in [-0.1, -0.05) is 66.4 Å². The number of esters is 4. The van der Waals surface area contributed by atoms with Crippen molar-refractivity contribution < 1.29 is 38.1 Å². The number of benzene rings is 1. The van der Waals surface area contributed by atoms with Crippen molar-refractivity contribution in [3.63, 3.8) is 0 Å². The van der Waals surface area contributed by atoms with Crippen LogP contribution in [0.2, 0.25) is 0 Å². The van der Waals surface area contributed by atoms with Gasteiger partial charge < -0.3 is 24.7 Å². The Morgan fingerprint density at radius 1 is 0.872 bits per heavy atom. The van der Waals surface area contributed by atoms with E-state index in [0.29, 0.717) is 18.4 Å². The molecule has 1 unspecified atom stereocenters. The Morgan fingerprint density at radius 2 is 1.44 bits per heavy atom. The molecular weight excluding hydrogens is 502 g/mol. The van der Waals surface area contributed by atoms with Crippen LogP contribution in [-0.2, 0) is 35.1 Å². The number of carbonyl (C=O) groups is 4. The second-order valence-corrected chi connectivity index (χ2v) is 10.4. The van der Waals surface area contributed by atoms with Crippen LogP contribution in [-0.4, -0.2) is 43.1 Å². The normalized spacial score (nSPS) is 13.3. The Bertz CT molecular complexity index is 945. The molecule has 0 aromatic heterocycles. The van der Waals surface area contributed by atoms with Crippen molar-refractivity contribution in [1.82, 2.24) is 0 Å². The van der Waals surface area contributed by atoms with Gasteiger partial charge in [0, 0.05) is 25.7 Å². The standard InChI is InChI=1S/C30H47NO8/c1-7-9-11-13-26(32)38-24-16-15-23(19-25(24)39-27(33)14-12-10-8-2)20-30(31,29(35)36-6)17-18-37-28(34)22(5)21(3)4/h15-16,19,21-22H,7-14,17-18,20,31H2,1-6H3/t22?,30-/m1/s1. The van der Waals surface area contributed by atoms with Crippen molar-refractivity contribution >= 4 is 23.9 Å². The predicted octanol–water partition coefficient (Wildman–Crippen LogP) is 5.30. The summed E-state index contributed by atoms with van der Waals surface area (Å²) in [6.45, 7) is 9.65. The maximum atomic E-state index is 12.7. The zero-order valence-corrected chi connectivity index (χ0v) is 24.5. The lowest BCUT2D eigenvalue weighted by Crippen LogP contribution is -2.51. The fourth-order valence-corrected chi connectivity index (χ4v) is 3.78. The summed E-state index contributed by atoms with van der Waals surface area (Å²) in [6.07, 6.45) is 5.64. The molecule has 0 fully saturated rings. The first-order valence-corrected chi connectivity index (χ1v) is 14.1. The number of nitrogens with two attached hydrogens (primary N) is 1. The number of hydrogen-bond acceptors (Lipinski definition) is 9. The van der Waals surface area contributed by atoms with Crippen molar-refractivity contribution in [2.24, 2.45) is 17.6 Å². The molecule has 220 valence electrons. The minimum absolute atomic E-state index is 0.0159. The molecule has 1 rings (SSSR count). The molecule has 39 heavy (non-hydrogen) atoms. The molecule has 0 saturated heterocycles. The third kappa shape index (κ3) is 12.2. The van der Waals surface area contributed by atoms with Gasteiger partial charge in [-0.15, -0.1) is 0 Å². The van der Waals surface area contributed by atoms with Crippen molar-refractivity contribution in [2.45, 2.75) is 104 Å². The molecule has 0 heterocycles. The van der Waals surface area contributed by atoms with Crippen molar-refractivity contribution in [3.8, 4) is 11.5 Å². The molecule has 2 atom stereocenters. The second-order valence-electron chi connectivity index (χ2n) is 10.4. The van der Waals surface area contributed by atoms with Crippen LogP contribution in [0.15, 0.2) is 18.2 Å². The van der Waals surface area contributed by atoms with Gasteiger partial charge in [0.1, 0.15) is 5.54 Å². The average Bonchev–Trinajstić information content (AvgIpc) is 2.89. The number of hydrogen-bond donors (Lipinski definition) is 1. The van der Waals surface area contributed by atoms with E-state index in [9.17, 15) is 19.2 Å². The molecule has 1 aromatic carbocycles. The van der Waals surface area contributed by atoms with Gasteiger partial charge in [0.25, 0.3) is 0 Å². The topological polar surface area (TPSA) is 131 Å². The van der Waals surface area contributed by atoms with Crippen molar-refractivity contribution in [2.75, 3.05) is 13.7 Å². The Balaban J connectivity index is 3.12. The Hall–Kier alpha value is -2.94.